The molecular weight excluding hydrogens is 295 g/mol. The number of anilines is 1. The molecule has 0 bridgehead atoms. The summed E-state index contributed by atoms with van der Waals surface area (Å²) in [5, 5.41) is 23.2. The molecule has 0 aromatic carbocycles. The van der Waals surface area contributed by atoms with E-state index >= 15 is 0 Å². The molecule has 0 unspecified atom stereocenters. The zero-order valence-electron chi connectivity index (χ0n) is 13.2. The molecule has 4 nitrogen and oxygen atoms in total. The molecule has 1 aromatic heterocycles. The number of rotatable bonds is 2. The highest BCUT2D eigenvalue weighted by molar-refractivity contribution is 5.58. The van der Waals surface area contributed by atoms with Gasteiger partial charge in [0.15, 0.2) is 0 Å². The van der Waals surface area contributed by atoms with Crippen LogP contribution in [0.5, 0.6) is 0 Å². The van der Waals surface area contributed by atoms with E-state index in [1.54, 1.807) is 0 Å². The van der Waals surface area contributed by atoms with Gasteiger partial charge in [-0.1, -0.05) is 11.8 Å². The molecule has 23 heavy (non-hydrogen) atoms. The maximum absolute atomic E-state index is 13.5. The SMILES string of the molecule is OC1CCC(Nc2cc(F)ncc2C#CC2(O)CCCC2)CC1. The van der Waals surface area contributed by atoms with E-state index in [2.05, 4.69) is 22.1 Å². The number of halogens is 1. The van der Waals surface area contributed by atoms with Gasteiger partial charge in [-0.25, -0.2) is 4.98 Å². The van der Waals surface area contributed by atoms with Crippen LogP contribution in [0.2, 0.25) is 0 Å². The Kier molecular flexibility index (Phi) is 4.84. The lowest BCUT2D eigenvalue weighted by molar-refractivity contribution is 0.110. The third-order valence-electron chi connectivity index (χ3n) is 4.79. The number of pyridine rings is 1. The second-order valence-corrected chi connectivity index (χ2v) is 6.69. The highest BCUT2D eigenvalue weighted by Crippen LogP contribution is 2.29. The quantitative estimate of drug-likeness (QED) is 0.579. The van der Waals surface area contributed by atoms with Gasteiger partial charge in [-0.2, -0.15) is 4.39 Å². The summed E-state index contributed by atoms with van der Waals surface area (Å²) < 4.78 is 13.5. The lowest BCUT2D eigenvalue weighted by Gasteiger charge is -2.27. The van der Waals surface area contributed by atoms with Crippen LogP contribution >= 0.6 is 0 Å². The van der Waals surface area contributed by atoms with E-state index < -0.39 is 11.5 Å². The summed E-state index contributed by atoms with van der Waals surface area (Å²) in [6.07, 6.45) is 7.77. The molecule has 2 aliphatic carbocycles. The Balaban J connectivity index is 1.77. The molecule has 0 amide bonds. The fourth-order valence-corrected chi connectivity index (χ4v) is 3.36. The first kappa shape index (κ1) is 16.2. The molecule has 2 fully saturated rings. The number of hydrogen-bond donors (Lipinski definition) is 3. The Hall–Kier alpha value is -1.64. The van der Waals surface area contributed by atoms with Gasteiger partial charge < -0.3 is 15.5 Å². The van der Waals surface area contributed by atoms with E-state index in [1.165, 1.54) is 12.3 Å². The summed E-state index contributed by atoms with van der Waals surface area (Å²) in [6.45, 7) is 0. The van der Waals surface area contributed by atoms with Crippen molar-refractivity contribution in [3.8, 4) is 11.8 Å². The van der Waals surface area contributed by atoms with Gasteiger partial charge in [-0.15, -0.1) is 0 Å². The molecule has 3 N–H and O–H groups in total. The van der Waals surface area contributed by atoms with Crippen molar-refractivity contribution in [2.24, 2.45) is 0 Å². The summed E-state index contributed by atoms with van der Waals surface area (Å²) >= 11 is 0. The van der Waals surface area contributed by atoms with Gasteiger partial charge in [0, 0.05) is 18.3 Å². The minimum atomic E-state index is -0.916. The predicted octanol–water partition coefficient (Wildman–Crippen LogP) is 2.59. The van der Waals surface area contributed by atoms with Gasteiger partial charge in [-0.05, 0) is 51.4 Å². The second-order valence-electron chi connectivity index (χ2n) is 6.69. The normalized spacial score (nSPS) is 26.4. The summed E-state index contributed by atoms with van der Waals surface area (Å²) in [4.78, 5) is 3.68. The van der Waals surface area contributed by atoms with Crippen molar-refractivity contribution >= 4 is 5.69 Å². The Morgan fingerprint density at radius 1 is 1.22 bits per heavy atom. The van der Waals surface area contributed by atoms with Crippen LogP contribution in [0.1, 0.15) is 56.9 Å². The number of nitrogens with one attached hydrogen (secondary N) is 1. The summed E-state index contributed by atoms with van der Waals surface area (Å²) in [5.41, 5.74) is 0.312. The van der Waals surface area contributed by atoms with Gasteiger partial charge in [-0.3, -0.25) is 0 Å². The molecular formula is C18H23FN2O2. The van der Waals surface area contributed by atoms with Gasteiger partial charge in [0.05, 0.1) is 17.4 Å². The molecule has 0 spiro atoms. The largest absolute Gasteiger partial charge is 0.393 e. The van der Waals surface area contributed by atoms with Crippen molar-refractivity contribution in [3.63, 3.8) is 0 Å². The van der Waals surface area contributed by atoms with Gasteiger partial charge in [0.25, 0.3) is 0 Å². The molecule has 1 heterocycles. The Morgan fingerprint density at radius 3 is 2.61 bits per heavy atom. The predicted molar refractivity (Wildman–Crippen MR) is 86.4 cm³/mol. The topological polar surface area (TPSA) is 65.4 Å². The number of aliphatic hydroxyl groups is 2. The number of aliphatic hydroxyl groups excluding tert-OH is 1. The van der Waals surface area contributed by atoms with E-state index in [4.69, 9.17) is 0 Å². The minimum Gasteiger partial charge on any atom is -0.393 e. The average molecular weight is 318 g/mol. The lowest BCUT2D eigenvalue weighted by atomic mass is 9.93. The van der Waals surface area contributed by atoms with Crippen molar-refractivity contribution in [2.75, 3.05) is 5.32 Å². The first-order chi connectivity index (χ1) is 11.0. The number of nitrogens with zero attached hydrogens (tertiary/aromatic N) is 1. The highest BCUT2D eigenvalue weighted by Gasteiger charge is 2.28. The third kappa shape index (κ3) is 4.21. The highest BCUT2D eigenvalue weighted by atomic mass is 19.1. The zero-order chi connectivity index (χ0) is 16.3. The Morgan fingerprint density at radius 2 is 1.91 bits per heavy atom. The average Bonchev–Trinajstić information content (AvgIpc) is 2.96. The molecule has 0 aliphatic heterocycles. The third-order valence-corrected chi connectivity index (χ3v) is 4.79. The number of hydrogen-bond acceptors (Lipinski definition) is 4. The van der Waals surface area contributed by atoms with Gasteiger partial charge in [0.2, 0.25) is 5.95 Å². The zero-order valence-corrected chi connectivity index (χ0v) is 13.2. The maximum Gasteiger partial charge on any atom is 0.214 e. The molecule has 124 valence electrons. The summed E-state index contributed by atoms with van der Waals surface area (Å²) in [5.74, 6) is 5.37. The molecule has 0 radical (unpaired) electrons. The van der Waals surface area contributed by atoms with Crippen molar-refractivity contribution in [2.45, 2.75) is 69.1 Å². The second kappa shape index (κ2) is 6.86. The van der Waals surface area contributed by atoms with Crippen LogP contribution < -0.4 is 5.32 Å². The molecule has 2 aliphatic rings. The Labute approximate surface area is 136 Å². The first-order valence-electron chi connectivity index (χ1n) is 8.40. The molecule has 2 saturated carbocycles. The number of aromatic nitrogens is 1. The van der Waals surface area contributed by atoms with E-state index in [0.717, 1.165) is 38.5 Å². The van der Waals surface area contributed by atoms with Crippen molar-refractivity contribution in [3.05, 3.63) is 23.8 Å². The molecule has 0 saturated heterocycles. The monoisotopic (exact) mass is 318 g/mol. The first-order valence-corrected chi connectivity index (χ1v) is 8.40. The van der Waals surface area contributed by atoms with Gasteiger partial charge >= 0.3 is 0 Å². The maximum atomic E-state index is 13.5. The van der Waals surface area contributed by atoms with Crippen LogP contribution in [0.15, 0.2) is 12.3 Å². The van der Waals surface area contributed by atoms with Crippen LogP contribution in [0.3, 0.4) is 0 Å². The van der Waals surface area contributed by atoms with E-state index in [-0.39, 0.29) is 12.1 Å². The fraction of sp³-hybridized carbons (Fsp3) is 0.611. The van der Waals surface area contributed by atoms with Gasteiger partial charge in [0.1, 0.15) is 5.60 Å². The van der Waals surface area contributed by atoms with Crippen molar-refractivity contribution < 1.29 is 14.6 Å². The molecule has 3 rings (SSSR count). The van der Waals surface area contributed by atoms with Crippen LogP contribution in [-0.4, -0.2) is 32.9 Å². The fourth-order valence-electron chi connectivity index (χ4n) is 3.36. The van der Waals surface area contributed by atoms with Crippen molar-refractivity contribution in [1.82, 2.24) is 4.98 Å². The van der Waals surface area contributed by atoms with E-state index in [9.17, 15) is 14.6 Å². The van der Waals surface area contributed by atoms with Crippen LogP contribution in [0.4, 0.5) is 10.1 Å². The summed E-state index contributed by atoms with van der Waals surface area (Å²) in [6, 6.07) is 1.56. The van der Waals surface area contributed by atoms with Crippen LogP contribution in [-0.2, 0) is 0 Å². The smallest absolute Gasteiger partial charge is 0.214 e. The van der Waals surface area contributed by atoms with E-state index in [1.807, 2.05) is 0 Å². The standard InChI is InChI=1S/C18H23FN2O2/c19-17-11-16(21-14-3-5-15(22)6-4-14)13(12-20-17)7-10-18(23)8-1-2-9-18/h11-12,14-15,22-23H,1-6,8-9H2,(H,20,21). The summed E-state index contributed by atoms with van der Waals surface area (Å²) in [7, 11) is 0. The van der Waals surface area contributed by atoms with Crippen LogP contribution in [0.25, 0.3) is 0 Å². The van der Waals surface area contributed by atoms with E-state index in [0.29, 0.717) is 24.1 Å². The Bertz CT molecular complexity index is 609. The lowest BCUT2D eigenvalue weighted by Crippen LogP contribution is -2.28. The molecule has 5 heteroatoms. The minimum absolute atomic E-state index is 0.204. The van der Waals surface area contributed by atoms with Crippen LogP contribution in [0, 0.1) is 17.8 Å². The van der Waals surface area contributed by atoms with Crippen molar-refractivity contribution in [1.29, 1.82) is 0 Å². The molecule has 1 aromatic rings. The molecule has 0 atom stereocenters.